The minimum Gasteiger partial charge on any atom is -0.298 e. The van der Waals surface area contributed by atoms with Crippen LogP contribution in [0.5, 0.6) is 0 Å². The maximum absolute atomic E-state index is 10.7. The molecule has 0 amide bonds. The molecular formula is C12H8ClNO. The molecule has 0 spiro atoms. The highest BCUT2D eigenvalue weighted by Gasteiger charge is 2.02. The summed E-state index contributed by atoms with van der Waals surface area (Å²) in [5, 5.41) is 0.470. The number of hydrogen-bond acceptors (Lipinski definition) is 2. The Hall–Kier alpha value is -1.67. The molecule has 15 heavy (non-hydrogen) atoms. The highest BCUT2D eigenvalue weighted by Crippen LogP contribution is 2.23. The first-order valence-electron chi connectivity index (χ1n) is 4.46. The minimum absolute atomic E-state index is 0.470. The van der Waals surface area contributed by atoms with Gasteiger partial charge >= 0.3 is 0 Å². The summed E-state index contributed by atoms with van der Waals surface area (Å²) in [6.07, 6.45) is 4.21. The maximum Gasteiger partial charge on any atom is 0.151 e. The zero-order chi connectivity index (χ0) is 10.7. The third-order valence-electron chi connectivity index (χ3n) is 2.12. The quantitative estimate of drug-likeness (QED) is 0.723. The van der Waals surface area contributed by atoms with E-state index in [4.69, 9.17) is 11.6 Å². The number of benzene rings is 1. The molecule has 2 aromatic rings. The summed E-state index contributed by atoms with van der Waals surface area (Å²) in [6, 6.07) is 9.13. The molecule has 0 atom stereocenters. The van der Waals surface area contributed by atoms with Gasteiger partial charge in [0.05, 0.1) is 5.02 Å². The van der Waals surface area contributed by atoms with E-state index < -0.39 is 0 Å². The molecule has 0 bridgehead atoms. The van der Waals surface area contributed by atoms with Crippen LogP contribution in [0.2, 0.25) is 5.02 Å². The Balaban J connectivity index is 2.51. The third kappa shape index (κ3) is 2.05. The van der Waals surface area contributed by atoms with Gasteiger partial charge in [0.25, 0.3) is 0 Å². The Bertz CT molecular complexity index is 482. The van der Waals surface area contributed by atoms with E-state index in [2.05, 4.69) is 4.98 Å². The van der Waals surface area contributed by atoms with Crippen molar-refractivity contribution >= 4 is 17.9 Å². The third-order valence-corrected chi connectivity index (χ3v) is 2.46. The second kappa shape index (κ2) is 4.24. The highest BCUT2D eigenvalue weighted by atomic mass is 35.5. The first-order valence-corrected chi connectivity index (χ1v) is 4.84. The van der Waals surface area contributed by atoms with Crippen molar-refractivity contribution in [3.05, 3.63) is 53.3 Å². The Morgan fingerprint density at radius 2 is 2.07 bits per heavy atom. The lowest BCUT2D eigenvalue weighted by Gasteiger charge is -2.02. The molecular weight excluding hydrogens is 210 g/mol. The number of hydrogen-bond donors (Lipinski definition) is 0. The zero-order valence-electron chi connectivity index (χ0n) is 7.85. The number of carbonyl (C=O) groups is 1. The fourth-order valence-corrected chi connectivity index (χ4v) is 1.51. The van der Waals surface area contributed by atoms with E-state index in [1.54, 1.807) is 24.5 Å². The normalized spacial score (nSPS) is 9.93. The summed E-state index contributed by atoms with van der Waals surface area (Å²) in [6.45, 7) is 0. The lowest BCUT2D eigenvalue weighted by Crippen LogP contribution is -1.85. The van der Waals surface area contributed by atoms with Crippen LogP contribution in [0.4, 0.5) is 0 Å². The predicted octanol–water partition coefficient (Wildman–Crippen LogP) is 3.21. The molecule has 1 aromatic carbocycles. The molecule has 0 unspecified atom stereocenters. The van der Waals surface area contributed by atoms with E-state index in [0.29, 0.717) is 10.6 Å². The van der Waals surface area contributed by atoms with E-state index in [9.17, 15) is 4.79 Å². The molecule has 0 N–H and O–H groups in total. The number of rotatable bonds is 2. The second-order valence-corrected chi connectivity index (χ2v) is 3.50. The molecule has 1 aromatic heterocycles. The van der Waals surface area contributed by atoms with Crippen LogP contribution >= 0.6 is 11.6 Å². The van der Waals surface area contributed by atoms with Crippen LogP contribution in [0.15, 0.2) is 42.7 Å². The number of aldehydes is 1. The van der Waals surface area contributed by atoms with Crippen molar-refractivity contribution in [1.82, 2.24) is 4.98 Å². The molecule has 0 aliphatic heterocycles. The number of nitrogens with zero attached hydrogens (tertiary/aromatic N) is 1. The van der Waals surface area contributed by atoms with Gasteiger partial charge in [-0.1, -0.05) is 23.7 Å². The van der Waals surface area contributed by atoms with Crippen LogP contribution < -0.4 is 0 Å². The zero-order valence-corrected chi connectivity index (χ0v) is 8.61. The van der Waals surface area contributed by atoms with Gasteiger partial charge in [-0.2, -0.15) is 0 Å². The number of halogens is 1. The lowest BCUT2D eigenvalue weighted by atomic mass is 10.1. The SMILES string of the molecule is O=Cc1cc(-c2cccnc2)ccc1Cl. The van der Waals surface area contributed by atoms with Gasteiger partial charge in [-0.3, -0.25) is 9.78 Å². The van der Waals surface area contributed by atoms with Crippen molar-refractivity contribution in [2.75, 3.05) is 0 Å². The van der Waals surface area contributed by atoms with Crippen LogP contribution in [0, 0.1) is 0 Å². The molecule has 0 aliphatic carbocycles. The Kier molecular flexibility index (Phi) is 2.79. The van der Waals surface area contributed by atoms with Gasteiger partial charge in [-0.05, 0) is 23.8 Å². The number of pyridine rings is 1. The topological polar surface area (TPSA) is 30.0 Å². The molecule has 0 saturated carbocycles. The molecule has 74 valence electrons. The fraction of sp³-hybridized carbons (Fsp3) is 0. The van der Waals surface area contributed by atoms with Crippen molar-refractivity contribution in [2.24, 2.45) is 0 Å². The largest absolute Gasteiger partial charge is 0.298 e. The molecule has 0 aliphatic rings. The van der Waals surface area contributed by atoms with Crippen LogP contribution in [-0.2, 0) is 0 Å². The van der Waals surface area contributed by atoms with Gasteiger partial charge in [-0.15, -0.1) is 0 Å². The fourth-order valence-electron chi connectivity index (χ4n) is 1.35. The molecule has 1 heterocycles. The van der Waals surface area contributed by atoms with Crippen molar-refractivity contribution in [3.8, 4) is 11.1 Å². The average molecular weight is 218 g/mol. The summed E-state index contributed by atoms with van der Waals surface area (Å²) in [7, 11) is 0. The molecule has 0 radical (unpaired) electrons. The first-order chi connectivity index (χ1) is 7.31. The van der Waals surface area contributed by atoms with Crippen LogP contribution in [0.25, 0.3) is 11.1 Å². The van der Waals surface area contributed by atoms with Gasteiger partial charge in [0.2, 0.25) is 0 Å². The predicted molar refractivity (Wildman–Crippen MR) is 60.1 cm³/mol. The number of aromatic nitrogens is 1. The average Bonchev–Trinajstić information content (AvgIpc) is 2.31. The summed E-state index contributed by atoms with van der Waals surface area (Å²) < 4.78 is 0. The minimum atomic E-state index is 0.470. The van der Waals surface area contributed by atoms with Crippen molar-refractivity contribution in [2.45, 2.75) is 0 Å². The van der Waals surface area contributed by atoms with E-state index in [1.165, 1.54) is 0 Å². The van der Waals surface area contributed by atoms with Gasteiger partial charge in [0.15, 0.2) is 6.29 Å². The summed E-state index contributed by atoms with van der Waals surface area (Å²) in [5.41, 5.74) is 2.41. The summed E-state index contributed by atoms with van der Waals surface area (Å²) in [4.78, 5) is 14.7. The monoisotopic (exact) mass is 217 g/mol. The van der Waals surface area contributed by atoms with Gasteiger partial charge < -0.3 is 0 Å². The Labute approximate surface area is 92.5 Å². The highest BCUT2D eigenvalue weighted by molar-refractivity contribution is 6.33. The molecule has 0 fully saturated rings. The smallest absolute Gasteiger partial charge is 0.151 e. The summed E-state index contributed by atoms with van der Waals surface area (Å²) >= 11 is 5.84. The second-order valence-electron chi connectivity index (χ2n) is 3.10. The standard InChI is InChI=1S/C12H8ClNO/c13-12-4-3-9(6-11(12)8-15)10-2-1-5-14-7-10/h1-8H. The van der Waals surface area contributed by atoms with Crippen LogP contribution in [0.3, 0.4) is 0 Å². The van der Waals surface area contributed by atoms with Crippen LogP contribution in [-0.4, -0.2) is 11.3 Å². The van der Waals surface area contributed by atoms with Crippen molar-refractivity contribution in [3.63, 3.8) is 0 Å². The number of carbonyl (C=O) groups excluding carboxylic acids is 1. The van der Waals surface area contributed by atoms with Crippen molar-refractivity contribution < 1.29 is 4.79 Å². The van der Waals surface area contributed by atoms with E-state index in [0.717, 1.165) is 17.4 Å². The van der Waals surface area contributed by atoms with E-state index in [-0.39, 0.29) is 0 Å². The maximum atomic E-state index is 10.7. The van der Waals surface area contributed by atoms with E-state index in [1.807, 2.05) is 18.2 Å². The molecule has 3 heteroatoms. The molecule has 2 rings (SSSR count). The molecule has 2 nitrogen and oxygen atoms in total. The lowest BCUT2D eigenvalue weighted by molar-refractivity contribution is 0.112. The van der Waals surface area contributed by atoms with Gasteiger partial charge in [0.1, 0.15) is 0 Å². The Morgan fingerprint density at radius 1 is 1.20 bits per heavy atom. The van der Waals surface area contributed by atoms with Gasteiger partial charge in [0, 0.05) is 23.5 Å². The van der Waals surface area contributed by atoms with Gasteiger partial charge in [-0.25, -0.2) is 0 Å². The first kappa shape index (κ1) is 9.87. The Morgan fingerprint density at radius 3 is 2.73 bits per heavy atom. The van der Waals surface area contributed by atoms with Crippen LogP contribution in [0.1, 0.15) is 10.4 Å². The van der Waals surface area contributed by atoms with E-state index >= 15 is 0 Å². The molecule has 0 saturated heterocycles. The van der Waals surface area contributed by atoms with Crippen molar-refractivity contribution in [1.29, 1.82) is 0 Å². The summed E-state index contributed by atoms with van der Waals surface area (Å²) in [5.74, 6) is 0.